The number of ether oxygens (including phenoxy) is 3. The molecular weight excluding hydrogens is 973 g/mol. The largest absolute Gasteiger partial charge is 0.462 e. The van der Waals surface area contributed by atoms with Gasteiger partial charge in [-0.1, -0.05) is 360 Å². The molecule has 0 aliphatic heterocycles. The fourth-order valence-corrected chi connectivity index (χ4v) is 11.1. The first-order chi connectivity index (χ1) is 39.0. The van der Waals surface area contributed by atoms with Crippen LogP contribution in [0.15, 0.2) is 24.3 Å². The van der Waals surface area contributed by atoms with Crippen molar-refractivity contribution in [2.75, 3.05) is 13.2 Å². The zero-order valence-corrected chi connectivity index (χ0v) is 53.7. The van der Waals surface area contributed by atoms with Crippen LogP contribution in [0.25, 0.3) is 0 Å². The molecule has 0 N–H and O–H groups in total. The zero-order chi connectivity index (χ0) is 57.1. The number of allylic oxidation sites excluding steroid dienone is 4. The van der Waals surface area contributed by atoms with Crippen molar-refractivity contribution < 1.29 is 28.6 Å². The number of unbranched alkanes of at least 4 members (excludes halogenated alkanes) is 52. The molecule has 1 unspecified atom stereocenters. The Morgan fingerprint density at radius 3 is 0.722 bits per heavy atom. The van der Waals surface area contributed by atoms with Gasteiger partial charge >= 0.3 is 17.9 Å². The molecule has 0 bridgehead atoms. The van der Waals surface area contributed by atoms with Gasteiger partial charge in [-0.05, 0) is 51.4 Å². The van der Waals surface area contributed by atoms with Gasteiger partial charge in [0.05, 0.1) is 0 Å². The lowest BCUT2D eigenvalue weighted by molar-refractivity contribution is -0.167. The average molecular weight is 1110 g/mol. The van der Waals surface area contributed by atoms with Crippen molar-refractivity contribution in [3.05, 3.63) is 24.3 Å². The molecule has 0 aliphatic rings. The van der Waals surface area contributed by atoms with Crippen LogP contribution in [0.2, 0.25) is 0 Å². The van der Waals surface area contributed by atoms with Gasteiger partial charge in [-0.3, -0.25) is 14.4 Å². The monoisotopic (exact) mass is 1110 g/mol. The highest BCUT2D eigenvalue weighted by Crippen LogP contribution is 2.19. The maximum Gasteiger partial charge on any atom is 0.306 e. The van der Waals surface area contributed by atoms with E-state index in [1.165, 1.54) is 289 Å². The maximum absolute atomic E-state index is 12.9. The molecular formula is C73H138O6. The van der Waals surface area contributed by atoms with Crippen molar-refractivity contribution >= 4 is 17.9 Å². The quantitative estimate of drug-likeness (QED) is 0.0261. The van der Waals surface area contributed by atoms with Gasteiger partial charge in [0.15, 0.2) is 6.10 Å². The summed E-state index contributed by atoms with van der Waals surface area (Å²) in [7, 11) is 0. The van der Waals surface area contributed by atoms with Gasteiger partial charge in [-0.2, -0.15) is 0 Å². The standard InChI is InChI=1S/C73H138O6/c1-4-7-10-13-16-19-22-25-27-28-29-30-31-32-33-34-35-36-37-38-39-40-41-42-43-44-46-48-51-54-57-60-63-66-72(75)78-69-70(68-77-71(74)65-62-59-56-53-50-47-24-21-18-15-12-9-6-3)79-73(76)67-64-61-58-55-52-49-45-26-23-20-17-14-11-8-5-2/h17,20,26,45,70H,4-16,18-19,21-25,27-44,46-69H2,1-3H3/b20-17-,45-26-. The molecule has 0 aromatic rings. The van der Waals surface area contributed by atoms with E-state index in [1.54, 1.807) is 0 Å². The van der Waals surface area contributed by atoms with Crippen molar-refractivity contribution in [3.8, 4) is 0 Å². The number of rotatable bonds is 67. The normalized spacial score (nSPS) is 12.1. The van der Waals surface area contributed by atoms with Crippen molar-refractivity contribution in [1.82, 2.24) is 0 Å². The summed E-state index contributed by atoms with van der Waals surface area (Å²) in [6, 6.07) is 0. The maximum atomic E-state index is 12.9. The molecule has 0 aromatic heterocycles. The van der Waals surface area contributed by atoms with Gasteiger partial charge in [0.2, 0.25) is 0 Å². The molecule has 0 aliphatic carbocycles. The van der Waals surface area contributed by atoms with Crippen molar-refractivity contribution in [2.45, 2.75) is 412 Å². The molecule has 0 radical (unpaired) electrons. The van der Waals surface area contributed by atoms with Crippen LogP contribution in [0.5, 0.6) is 0 Å². The minimum atomic E-state index is -0.775. The predicted octanol–water partition coefficient (Wildman–Crippen LogP) is 24.6. The molecule has 79 heavy (non-hydrogen) atoms. The second-order valence-electron chi connectivity index (χ2n) is 24.5. The SMILES string of the molecule is CCCCC/C=C\C/C=C\CCCCCCCC(=O)OC(COC(=O)CCCCCCCCCCCCCCC)COC(=O)CCCCCCCCCCCCCCCCCCCCCCCCCCCCCCCCCCC. The fraction of sp³-hybridized carbons (Fsp3) is 0.904. The van der Waals surface area contributed by atoms with Gasteiger partial charge in [0.25, 0.3) is 0 Å². The first kappa shape index (κ1) is 76.9. The third-order valence-electron chi connectivity index (χ3n) is 16.5. The second kappa shape index (κ2) is 68.4. The van der Waals surface area contributed by atoms with Crippen LogP contribution in [0, 0.1) is 0 Å². The van der Waals surface area contributed by atoms with Gasteiger partial charge in [-0.15, -0.1) is 0 Å². The number of carbonyl (C=O) groups excluding carboxylic acids is 3. The topological polar surface area (TPSA) is 78.9 Å². The molecule has 1 atom stereocenters. The molecule has 0 aromatic carbocycles. The van der Waals surface area contributed by atoms with Crippen LogP contribution < -0.4 is 0 Å². The summed E-state index contributed by atoms with van der Waals surface area (Å²) < 4.78 is 16.9. The minimum absolute atomic E-state index is 0.0710. The Morgan fingerprint density at radius 2 is 0.456 bits per heavy atom. The van der Waals surface area contributed by atoms with Crippen molar-refractivity contribution in [3.63, 3.8) is 0 Å². The third kappa shape index (κ3) is 66.6. The van der Waals surface area contributed by atoms with Crippen LogP contribution in [-0.2, 0) is 28.6 Å². The van der Waals surface area contributed by atoms with Crippen LogP contribution in [0.4, 0.5) is 0 Å². The molecule has 6 nitrogen and oxygen atoms in total. The first-order valence-electron chi connectivity index (χ1n) is 35.8. The Hall–Kier alpha value is -2.11. The van der Waals surface area contributed by atoms with Gasteiger partial charge in [0, 0.05) is 19.3 Å². The Balaban J connectivity index is 4.06. The van der Waals surface area contributed by atoms with Crippen LogP contribution in [-0.4, -0.2) is 37.2 Å². The van der Waals surface area contributed by atoms with E-state index in [-0.39, 0.29) is 31.1 Å². The highest BCUT2D eigenvalue weighted by Gasteiger charge is 2.19. The fourth-order valence-electron chi connectivity index (χ4n) is 11.1. The summed E-state index contributed by atoms with van der Waals surface area (Å²) in [5.41, 5.74) is 0. The molecule has 0 saturated carbocycles. The predicted molar refractivity (Wildman–Crippen MR) is 344 cm³/mol. The van der Waals surface area contributed by atoms with Gasteiger partial charge in [0.1, 0.15) is 13.2 Å². The summed E-state index contributed by atoms with van der Waals surface area (Å²) in [4.78, 5) is 38.3. The Bertz CT molecular complexity index is 1270. The molecule has 0 saturated heterocycles. The van der Waals surface area contributed by atoms with Crippen molar-refractivity contribution in [1.29, 1.82) is 0 Å². The number of hydrogen-bond acceptors (Lipinski definition) is 6. The van der Waals surface area contributed by atoms with E-state index in [4.69, 9.17) is 14.2 Å². The third-order valence-corrected chi connectivity index (χ3v) is 16.5. The van der Waals surface area contributed by atoms with Gasteiger partial charge in [-0.25, -0.2) is 0 Å². The van der Waals surface area contributed by atoms with Crippen molar-refractivity contribution in [2.24, 2.45) is 0 Å². The van der Waals surface area contributed by atoms with E-state index in [0.29, 0.717) is 19.3 Å². The van der Waals surface area contributed by atoms with E-state index in [2.05, 4.69) is 45.1 Å². The molecule has 0 amide bonds. The summed E-state index contributed by atoms with van der Waals surface area (Å²) in [5.74, 6) is -0.856. The summed E-state index contributed by atoms with van der Waals surface area (Å²) in [5, 5.41) is 0. The summed E-state index contributed by atoms with van der Waals surface area (Å²) in [6.07, 6.45) is 83.8. The van der Waals surface area contributed by atoms with Crippen LogP contribution >= 0.6 is 0 Å². The molecule has 0 heterocycles. The lowest BCUT2D eigenvalue weighted by Crippen LogP contribution is -2.30. The highest BCUT2D eigenvalue weighted by atomic mass is 16.6. The molecule has 6 heteroatoms. The van der Waals surface area contributed by atoms with Crippen LogP contribution in [0.3, 0.4) is 0 Å². The second-order valence-corrected chi connectivity index (χ2v) is 24.5. The van der Waals surface area contributed by atoms with E-state index in [0.717, 1.165) is 77.0 Å². The average Bonchev–Trinajstić information content (AvgIpc) is 3.45. The molecule has 0 spiro atoms. The first-order valence-corrected chi connectivity index (χ1v) is 35.8. The lowest BCUT2D eigenvalue weighted by Gasteiger charge is -2.18. The Morgan fingerprint density at radius 1 is 0.253 bits per heavy atom. The highest BCUT2D eigenvalue weighted by molar-refractivity contribution is 5.71. The Labute approximate surface area is 493 Å². The Kier molecular flexibility index (Phi) is 66.6. The summed E-state index contributed by atoms with van der Waals surface area (Å²) in [6.45, 7) is 6.67. The number of hydrogen-bond donors (Lipinski definition) is 0. The molecule has 0 rings (SSSR count). The number of esters is 3. The minimum Gasteiger partial charge on any atom is -0.462 e. The van der Waals surface area contributed by atoms with E-state index >= 15 is 0 Å². The lowest BCUT2D eigenvalue weighted by atomic mass is 10.0. The molecule has 466 valence electrons. The molecule has 0 fully saturated rings. The van der Waals surface area contributed by atoms with E-state index in [9.17, 15) is 14.4 Å². The van der Waals surface area contributed by atoms with E-state index in [1.807, 2.05) is 0 Å². The smallest absolute Gasteiger partial charge is 0.306 e. The summed E-state index contributed by atoms with van der Waals surface area (Å²) >= 11 is 0. The van der Waals surface area contributed by atoms with Crippen LogP contribution in [0.1, 0.15) is 406 Å². The van der Waals surface area contributed by atoms with E-state index < -0.39 is 6.10 Å². The van der Waals surface area contributed by atoms with Gasteiger partial charge < -0.3 is 14.2 Å². The zero-order valence-electron chi connectivity index (χ0n) is 53.7. The number of carbonyl (C=O) groups is 3.